The van der Waals surface area contributed by atoms with Gasteiger partial charge in [-0.1, -0.05) is 49.2 Å². The summed E-state index contributed by atoms with van der Waals surface area (Å²) in [6, 6.07) is 8.59. The molecule has 0 aliphatic heterocycles. The first-order chi connectivity index (χ1) is 10.8. The molecule has 128 valence electrons. The van der Waals surface area contributed by atoms with Crippen LogP contribution in [0.4, 0.5) is 11.4 Å². The zero-order valence-corrected chi connectivity index (χ0v) is 16.4. The van der Waals surface area contributed by atoms with E-state index in [4.69, 9.17) is 5.73 Å². The molecule has 2 aromatic carbocycles. The van der Waals surface area contributed by atoms with E-state index in [1.54, 1.807) is 0 Å². The summed E-state index contributed by atoms with van der Waals surface area (Å²) in [6.07, 6.45) is 0. The van der Waals surface area contributed by atoms with Crippen LogP contribution in [0, 0.1) is 41.5 Å². The molecule has 0 saturated carbocycles. The summed E-state index contributed by atoms with van der Waals surface area (Å²) in [4.78, 5) is 0. The summed E-state index contributed by atoms with van der Waals surface area (Å²) in [5.74, 6) is 0. The number of rotatable bonds is 1. The smallest absolute Gasteiger partial charge is 0.0397 e. The van der Waals surface area contributed by atoms with Crippen molar-refractivity contribution in [3.8, 4) is 0 Å². The molecule has 0 unspecified atom stereocenters. The Labute approximate surface area is 143 Å². The second kappa shape index (κ2) is 9.94. The summed E-state index contributed by atoms with van der Waals surface area (Å²) < 4.78 is 0. The Balaban J connectivity index is 0.000000381. The van der Waals surface area contributed by atoms with Crippen LogP contribution in [0.1, 0.15) is 47.2 Å². The molecule has 0 fully saturated rings. The molecule has 0 aliphatic rings. The van der Waals surface area contributed by atoms with E-state index in [0.717, 1.165) is 5.69 Å². The first-order valence-electron chi connectivity index (χ1n) is 8.35. The van der Waals surface area contributed by atoms with Gasteiger partial charge >= 0.3 is 0 Å². The van der Waals surface area contributed by atoms with Crippen LogP contribution in [0.15, 0.2) is 24.3 Å². The predicted molar refractivity (Wildman–Crippen MR) is 107 cm³/mol. The van der Waals surface area contributed by atoms with Gasteiger partial charge in [-0.2, -0.15) is 0 Å². The summed E-state index contributed by atoms with van der Waals surface area (Å²) in [5, 5.41) is 3.19. The number of hydrogen-bond donors (Lipinski definition) is 2. The van der Waals surface area contributed by atoms with Gasteiger partial charge in [-0.15, -0.1) is 0 Å². The van der Waals surface area contributed by atoms with Crippen molar-refractivity contribution in [2.75, 3.05) is 18.1 Å². The Morgan fingerprint density at radius 3 is 1.26 bits per heavy atom. The molecule has 0 amide bonds. The highest BCUT2D eigenvalue weighted by Crippen LogP contribution is 2.20. The monoisotopic (exact) mass is 314 g/mol. The van der Waals surface area contributed by atoms with Crippen molar-refractivity contribution in [1.82, 2.24) is 0 Å². The molecule has 0 aromatic heterocycles. The summed E-state index contributed by atoms with van der Waals surface area (Å²) in [5.41, 5.74) is 15.6. The van der Waals surface area contributed by atoms with E-state index in [1.807, 2.05) is 34.7 Å². The second-order valence-corrected chi connectivity index (χ2v) is 5.84. The van der Waals surface area contributed by atoms with E-state index >= 15 is 0 Å². The highest BCUT2D eigenvalue weighted by molar-refractivity contribution is 5.57. The molecule has 23 heavy (non-hydrogen) atoms. The molecule has 0 atom stereocenters. The lowest BCUT2D eigenvalue weighted by atomic mass is 10.1. The van der Waals surface area contributed by atoms with Gasteiger partial charge in [0.1, 0.15) is 0 Å². The number of nitrogen functional groups attached to an aromatic ring is 1. The van der Waals surface area contributed by atoms with Crippen molar-refractivity contribution in [1.29, 1.82) is 0 Å². The van der Waals surface area contributed by atoms with Gasteiger partial charge in [0.15, 0.2) is 0 Å². The van der Waals surface area contributed by atoms with Gasteiger partial charge in [0, 0.05) is 18.4 Å². The Morgan fingerprint density at radius 2 is 0.957 bits per heavy atom. The van der Waals surface area contributed by atoms with Gasteiger partial charge in [-0.05, 0) is 63.8 Å². The lowest BCUT2D eigenvalue weighted by Gasteiger charge is -2.09. The molecule has 2 rings (SSSR count). The van der Waals surface area contributed by atoms with Crippen LogP contribution in [-0.4, -0.2) is 7.05 Å². The molecule has 0 saturated heterocycles. The zero-order valence-electron chi connectivity index (χ0n) is 16.4. The number of hydrogen-bond acceptors (Lipinski definition) is 2. The molecule has 2 nitrogen and oxygen atoms in total. The fraction of sp³-hybridized carbons (Fsp3) is 0.429. The Hall–Kier alpha value is -1.96. The highest BCUT2D eigenvalue weighted by atomic mass is 14.8. The van der Waals surface area contributed by atoms with Crippen molar-refractivity contribution in [3.05, 3.63) is 57.6 Å². The summed E-state index contributed by atoms with van der Waals surface area (Å²) >= 11 is 0. The average Bonchev–Trinajstić information content (AvgIpc) is 2.47. The highest BCUT2D eigenvalue weighted by Gasteiger charge is 1.99. The first-order valence-corrected chi connectivity index (χ1v) is 8.35. The van der Waals surface area contributed by atoms with Gasteiger partial charge in [-0.25, -0.2) is 0 Å². The van der Waals surface area contributed by atoms with Crippen LogP contribution in [-0.2, 0) is 0 Å². The van der Waals surface area contributed by atoms with Gasteiger partial charge in [0.05, 0.1) is 0 Å². The van der Waals surface area contributed by atoms with E-state index in [2.05, 4.69) is 57.3 Å². The number of anilines is 2. The second-order valence-electron chi connectivity index (χ2n) is 5.84. The minimum atomic E-state index is 0.922. The zero-order chi connectivity index (χ0) is 18.2. The largest absolute Gasteiger partial charge is 0.398 e. The van der Waals surface area contributed by atoms with Crippen molar-refractivity contribution >= 4 is 11.4 Å². The fourth-order valence-electron chi connectivity index (χ4n) is 2.77. The van der Waals surface area contributed by atoms with Crippen LogP contribution in [0.2, 0.25) is 0 Å². The lowest BCUT2D eigenvalue weighted by Crippen LogP contribution is -1.95. The SMILES string of the molecule is CC.CNc1c(C)cc(C)cc1C.Cc1cc(C)c(N)c(C)c1. The topological polar surface area (TPSA) is 38.0 Å². The molecular formula is C21H34N2. The van der Waals surface area contributed by atoms with Crippen LogP contribution in [0.3, 0.4) is 0 Å². The lowest BCUT2D eigenvalue weighted by molar-refractivity contribution is 1.29. The Bertz CT molecular complexity index is 582. The van der Waals surface area contributed by atoms with Crippen LogP contribution in [0.25, 0.3) is 0 Å². The van der Waals surface area contributed by atoms with Crippen molar-refractivity contribution in [2.45, 2.75) is 55.4 Å². The van der Waals surface area contributed by atoms with Gasteiger partial charge in [0.2, 0.25) is 0 Å². The maximum atomic E-state index is 5.75. The molecule has 3 N–H and O–H groups in total. The molecule has 0 heterocycles. The Kier molecular flexibility index (Phi) is 9.09. The van der Waals surface area contributed by atoms with E-state index in [9.17, 15) is 0 Å². The molecule has 0 bridgehead atoms. The van der Waals surface area contributed by atoms with E-state index in [-0.39, 0.29) is 0 Å². The van der Waals surface area contributed by atoms with Gasteiger partial charge < -0.3 is 11.1 Å². The fourth-order valence-corrected chi connectivity index (χ4v) is 2.77. The van der Waals surface area contributed by atoms with Crippen LogP contribution in [0.5, 0.6) is 0 Å². The van der Waals surface area contributed by atoms with Crippen molar-refractivity contribution < 1.29 is 0 Å². The quantitative estimate of drug-likeness (QED) is 0.646. The third-order valence-electron chi connectivity index (χ3n) is 3.67. The first kappa shape index (κ1) is 21.0. The number of benzene rings is 2. The number of nitrogens with two attached hydrogens (primary N) is 1. The minimum absolute atomic E-state index is 0.922. The third-order valence-corrected chi connectivity index (χ3v) is 3.67. The van der Waals surface area contributed by atoms with Crippen LogP contribution >= 0.6 is 0 Å². The average molecular weight is 315 g/mol. The van der Waals surface area contributed by atoms with E-state index < -0.39 is 0 Å². The molecule has 0 radical (unpaired) electrons. The minimum Gasteiger partial charge on any atom is -0.398 e. The third kappa shape index (κ3) is 6.35. The molecule has 2 aromatic rings. The molecular weight excluding hydrogens is 280 g/mol. The summed E-state index contributed by atoms with van der Waals surface area (Å²) in [6.45, 7) is 16.5. The molecule has 0 aliphatic carbocycles. The van der Waals surface area contributed by atoms with E-state index in [1.165, 1.54) is 39.1 Å². The number of nitrogens with one attached hydrogen (secondary N) is 1. The van der Waals surface area contributed by atoms with Gasteiger partial charge in [-0.3, -0.25) is 0 Å². The number of aryl methyl sites for hydroxylation is 6. The predicted octanol–water partition coefficient (Wildman–Crippen LogP) is 5.87. The normalized spacial score (nSPS) is 9.26. The van der Waals surface area contributed by atoms with Gasteiger partial charge in [0.25, 0.3) is 0 Å². The Morgan fingerprint density at radius 1 is 0.652 bits per heavy atom. The van der Waals surface area contributed by atoms with E-state index in [0.29, 0.717) is 0 Å². The standard InChI is InChI=1S/C10H15N.C9H13N.C2H6/c1-7-5-8(2)10(11-4)9(3)6-7;1-6-4-7(2)9(10)8(3)5-6;1-2/h5-6,11H,1-4H3;4-5H,10H2,1-3H3;1-2H3. The maximum Gasteiger partial charge on any atom is 0.0397 e. The summed E-state index contributed by atoms with van der Waals surface area (Å²) in [7, 11) is 1.96. The molecule has 2 heteroatoms. The molecule has 0 spiro atoms. The van der Waals surface area contributed by atoms with Crippen molar-refractivity contribution in [3.63, 3.8) is 0 Å². The van der Waals surface area contributed by atoms with Crippen molar-refractivity contribution in [2.24, 2.45) is 0 Å². The maximum absolute atomic E-state index is 5.75. The van der Waals surface area contributed by atoms with Crippen LogP contribution < -0.4 is 11.1 Å².